The number of halogens is 2. The first-order valence-corrected chi connectivity index (χ1v) is 7.91. The Morgan fingerprint density at radius 1 is 1.05 bits per heavy atom. The van der Waals surface area contributed by atoms with E-state index >= 15 is 0 Å². The molecule has 0 bridgehead atoms. The summed E-state index contributed by atoms with van der Waals surface area (Å²) in [5.41, 5.74) is 2.38. The second kappa shape index (κ2) is 5.66. The smallest absolute Gasteiger partial charge is 0.0612 e. The average molecular weight is 310 g/mol. The van der Waals surface area contributed by atoms with Crippen LogP contribution in [0.15, 0.2) is 47.4 Å². The summed E-state index contributed by atoms with van der Waals surface area (Å²) in [5, 5.41) is 4.73. The first-order chi connectivity index (χ1) is 9.24. The molecule has 1 aliphatic heterocycles. The molecule has 1 unspecified atom stereocenters. The predicted octanol–water partition coefficient (Wildman–Crippen LogP) is 5.64. The summed E-state index contributed by atoms with van der Waals surface area (Å²) in [7, 11) is 0. The molecule has 0 aliphatic carbocycles. The fourth-order valence-corrected chi connectivity index (χ4v) is 3.70. The van der Waals surface area contributed by atoms with Gasteiger partial charge in [0.1, 0.15) is 0 Å². The third kappa shape index (κ3) is 2.86. The first kappa shape index (κ1) is 13.2. The molecule has 0 radical (unpaired) electrons. The van der Waals surface area contributed by atoms with Crippen LogP contribution in [-0.4, -0.2) is 5.75 Å². The van der Waals surface area contributed by atoms with Crippen LogP contribution in [0.5, 0.6) is 0 Å². The van der Waals surface area contributed by atoms with E-state index in [2.05, 4.69) is 29.6 Å². The Labute approximate surface area is 127 Å². The van der Waals surface area contributed by atoms with E-state index in [-0.39, 0.29) is 0 Å². The van der Waals surface area contributed by atoms with Gasteiger partial charge >= 0.3 is 0 Å². The molecule has 1 nitrogen and oxygen atoms in total. The van der Waals surface area contributed by atoms with E-state index in [1.165, 1.54) is 10.5 Å². The summed E-state index contributed by atoms with van der Waals surface area (Å²) in [4.78, 5) is 1.37. The van der Waals surface area contributed by atoms with Gasteiger partial charge in [0.05, 0.1) is 16.1 Å². The van der Waals surface area contributed by atoms with E-state index in [0.717, 1.165) is 17.9 Å². The van der Waals surface area contributed by atoms with Gasteiger partial charge in [-0.25, -0.2) is 0 Å². The Kier molecular flexibility index (Phi) is 3.92. The highest BCUT2D eigenvalue weighted by Crippen LogP contribution is 2.38. The van der Waals surface area contributed by atoms with Gasteiger partial charge in [-0.3, -0.25) is 0 Å². The van der Waals surface area contributed by atoms with Crippen LogP contribution >= 0.6 is 35.0 Å². The first-order valence-electron chi connectivity index (χ1n) is 6.17. The second-order valence-corrected chi connectivity index (χ2v) is 6.45. The van der Waals surface area contributed by atoms with Crippen molar-refractivity contribution in [2.75, 3.05) is 11.1 Å². The SMILES string of the molecule is Clc1ccc(NC2CCSc3ccccc32)cc1Cl. The van der Waals surface area contributed by atoms with Gasteiger partial charge in [0.25, 0.3) is 0 Å². The third-order valence-electron chi connectivity index (χ3n) is 3.22. The minimum atomic E-state index is 0.342. The van der Waals surface area contributed by atoms with Crippen molar-refractivity contribution in [1.82, 2.24) is 0 Å². The average Bonchev–Trinajstić information content (AvgIpc) is 2.43. The number of benzene rings is 2. The van der Waals surface area contributed by atoms with Crippen LogP contribution in [0.2, 0.25) is 10.0 Å². The predicted molar refractivity (Wildman–Crippen MR) is 84.6 cm³/mol. The second-order valence-electron chi connectivity index (χ2n) is 4.50. The molecule has 1 heterocycles. The maximum absolute atomic E-state index is 6.06. The van der Waals surface area contributed by atoms with Gasteiger partial charge in [0, 0.05) is 16.3 Å². The van der Waals surface area contributed by atoms with Gasteiger partial charge < -0.3 is 5.32 Å². The molecule has 4 heteroatoms. The molecule has 0 amide bonds. The van der Waals surface area contributed by atoms with Crippen molar-refractivity contribution in [2.24, 2.45) is 0 Å². The molecule has 19 heavy (non-hydrogen) atoms. The van der Waals surface area contributed by atoms with Gasteiger partial charge in [-0.2, -0.15) is 0 Å². The van der Waals surface area contributed by atoms with Crippen molar-refractivity contribution in [2.45, 2.75) is 17.4 Å². The van der Waals surface area contributed by atoms with Crippen LogP contribution in [-0.2, 0) is 0 Å². The van der Waals surface area contributed by atoms with Gasteiger partial charge in [-0.15, -0.1) is 11.8 Å². The van der Waals surface area contributed by atoms with Gasteiger partial charge in [-0.05, 0) is 36.2 Å². The number of rotatable bonds is 2. The summed E-state index contributed by atoms with van der Waals surface area (Å²) in [6.07, 6.45) is 1.11. The molecule has 1 N–H and O–H groups in total. The largest absolute Gasteiger partial charge is 0.378 e. The van der Waals surface area contributed by atoms with Gasteiger partial charge in [0.15, 0.2) is 0 Å². The topological polar surface area (TPSA) is 12.0 Å². The molecule has 2 aromatic carbocycles. The molecule has 0 fully saturated rings. The van der Waals surface area contributed by atoms with E-state index in [1.807, 2.05) is 30.0 Å². The summed E-state index contributed by atoms with van der Waals surface area (Å²) >= 11 is 13.9. The molecular weight excluding hydrogens is 297 g/mol. The molecule has 1 aliphatic rings. The zero-order valence-corrected chi connectivity index (χ0v) is 12.5. The quantitative estimate of drug-likeness (QED) is 0.770. The Hall–Kier alpha value is -0.830. The molecular formula is C15H13Cl2NS. The lowest BCUT2D eigenvalue weighted by molar-refractivity contribution is 0.728. The lowest BCUT2D eigenvalue weighted by atomic mass is 10.0. The zero-order chi connectivity index (χ0) is 13.2. The van der Waals surface area contributed by atoms with E-state index in [4.69, 9.17) is 23.2 Å². The standard InChI is InChI=1S/C15H13Cl2NS/c16-12-6-5-10(9-13(12)17)18-14-7-8-19-15-4-2-1-3-11(14)15/h1-6,9,14,18H,7-8H2. The van der Waals surface area contributed by atoms with Crippen molar-refractivity contribution in [3.63, 3.8) is 0 Å². The summed E-state index contributed by atoms with van der Waals surface area (Å²) < 4.78 is 0. The van der Waals surface area contributed by atoms with Crippen LogP contribution in [0.3, 0.4) is 0 Å². The number of anilines is 1. The summed E-state index contributed by atoms with van der Waals surface area (Å²) in [6, 6.07) is 14.6. The molecule has 0 spiro atoms. The lowest BCUT2D eigenvalue weighted by Gasteiger charge is -2.26. The van der Waals surface area contributed by atoms with Crippen molar-refractivity contribution in [1.29, 1.82) is 0 Å². The molecule has 0 saturated carbocycles. The van der Waals surface area contributed by atoms with E-state index in [0.29, 0.717) is 16.1 Å². The third-order valence-corrected chi connectivity index (χ3v) is 5.08. The van der Waals surface area contributed by atoms with Crippen LogP contribution < -0.4 is 5.32 Å². The van der Waals surface area contributed by atoms with Crippen LogP contribution in [0, 0.1) is 0 Å². The lowest BCUT2D eigenvalue weighted by Crippen LogP contribution is -2.15. The maximum atomic E-state index is 6.06. The zero-order valence-electron chi connectivity index (χ0n) is 10.2. The highest BCUT2D eigenvalue weighted by atomic mass is 35.5. The van der Waals surface area contributed by atoms with E-state index in [1.54, 1.807) is 0 Å². The monoisotopic (exact) mass is 309 g/mol. The highest BCUT2D eigenvalue weighted by Gasteiger charge is 2.20. The molecule has 2 aromatic rings. The maximum Gasteiger partial charge on any atom is 0.0612 e. The highest BCUT2D eigenvalue weighted by molar-refractivity contribution is 7.99. The van der Waals surface area contributed by atoms with Crippen molar-refractivity contribution >= 4 is 40.7 Å². The van der Waals surface area contributed by atoms with Crippen LogP contribution in [0.4, 0.5) is 5.69 Å². The van der Waals surface area contributed by atoms with Crippen molar-refractivity contribution in [3.05, 3.63) is 58.1 Å². The summed E-state index contributed by atoms with van der Waals surface area (Å²) in [5.74, 6) is 1.13. The normalized spacial score (nSPS) is 17.9. The minimum Gasteiger partial charge on any atom is -0.378 e. The molecule has 0 saturated heterocycles. The Bertz CT molecular complexity index is 600. The number of hydrogen-bond donors (Lipinski definition) is 1. The van der Waals surface area contributed by atoms with E-state index in [9.17, 15) is 0 Å². The Balaban J connectivity index is 1.86. The van der Waals surface area contributed by atoms with Gasteiger partial charge in [0.2, 0.25) is 0 Å². The molecule has 1 atom stereocenters. The molecule has 3 rings (SSSR count). The number of thioether (sulfide) groups is 1. The number of nitrogens with one attached hydrogen (secondary N) is 1. The minimum absolute atomic E-state index is 0.342. The molecule has 98 valence electrons. The van der Waals surface area contributed by atoms with Crippen molar-refractivity contribution in [3.8, 4) is 0 Å². The van der Waals surface area contributed by atoms with E-state index < -0.39 is 0 Å². The van der Waals surface area contributed by atoms with Crippen molar-refractivity contribution < 1.29 is 0 Å². The molecule has 0 aromatic heterocycles. The summed E-state index contributed by atoms with van der Waals surface area (Å²) in [6.45, 7) is 0. The number of hydrogen-bond acceptors (Lipinski definition) is 2. The van der Waals surface area contributed by atoms with Crippen LogP contribution in [0.1, 0.15) is 18.0 Å². The van der Waals surface area contributed by atoms with Gasteiger partial charge in [-0.1, -0.05) is 41.4 Å². The Morgan fingerprint density at radius 2 is 1.89 bits per heavy atom. The fraction of sp³-hybridized carbons (Fsp3) is 0.200. The van der Waals surface area contributed by atoms with Crippen LogP contribution in [0.25, 0.3) is 0 Å². The number of fused-ring (bicyclic) bond motifs is 1. The Morgan fingerprint density at radius 3 is 2.74 bits per heavy atom. The fourth-order valence-electron chi connectivity index (χ4n) is 2.28.